The lowest BCUT2D eigenvalue weighted by Gasteiger charge is -2.34. The molecule has 0 saturated carbocycles. The Morgan fingerprint density at radius 1 is 1.33 bits per heavy atom. The van der Waals surface area contributed by atoms with Crippen LogP contribution in [0.3, 0.4) is 0 Å². The number of aromatic nitrogens is 4. The highest BCUT2D eigenvalue weighted by atomic mass is 79.9. The number of carbonyl (C=O) groups excluding carboxylic acids is 1. The van der Waals surface area contributed by atoms with Crippen molar-refractivity contribution in [3.63, 3.8) is 0 Å². The van der Waals surface area contributed by atoms with Crippen molar-refractivity contribution in [2.75, 3.05) is 19.9 Å². The number of nitrogens with one attached hydrogen (secondary N) is 2. The number of amides is 1. The molecule has 1 saturated heterocycles. The minimum atomic E-state index is -0.499. The van der Waals surface area contributed by atoms with Gasteiger partial charge in [-0.15, -0.1) is 0 Å². The number of aromatic amines is 1. The van der Waals surface area contributed by atoms with Gasteiger partial charge in [0.05, 0.1) is 6.33 Å². The lowest BCUT2D eigenvalue weighted by atomic mass is 9.95. The van der Waals surface area contributed by atoms with Crippen LogP contribution >= 0.6 is 27.7 Å². The highest BCUT2D eigenvalue weighted by Gasteiger charge is 2.27. The summed E-state index contributed by atoms with van der Waals surface area (Å²) in [6, 6.07) is 3.80. The molecular weight excluding hydrogens is 548 g/mol. The van der Waals surface area contributed by atoms with Crippen LogP contribution in [0.2, 0.25) is 0 Å². The number of likely N-dealkylation sites (tertiary alicyclic amines) is 1. The number of fused-ring (bicyclic) bond motifs is 2. The number of hydrogen-bond donors (Lipinski definition) is 2. The molecule has 4 heterocycles. The van der Waals surface area contributed by atoms with Crippen molar-refractivity contribution >= 4 is 44.9 Å². The number of H-pyrrole nitrogens is 1. The Balaban J connectivity index is 1.29. The largest absolute Gasteiger partial charge is 0.454 e. The molecule has 3 aromatic rings. The van der Waals surface area contributed by atoms with Gasteiger partial charge in [0.1, 0.15) is 11.1 Å². The topological polar surface area (TPSA) is 118 Å². The van der Waals surface area contributed by atoms with E-state index < -0.39 is 5.60 Å². The summed E-state index contributed by atoms with van der Waals surface area (Å²) in [6.07, 6.45) is 4.33. The molecule has 1 fully saturated rings. The average molecular weight is 578 g/mol. The fraction of sp³-hybridized carbons (Fsp3) is 0.500. The number of nitrogens with zero attached hydrogens (tertiary/aromatic N) is 4. The molecule has 0 spiro atoms. The summed E-state index contributed by atoms with van der Waals surface area (Å²) in [5.74, 6) is 1.77. The molecule has 2 aliphatic rings. The third kappa shape index (κ3) is 5.49. The zero-order valence-electron chi connectivity index (χ0n) is 20.5. The molecule has 0 radical (unpaired) electrons. The fourth-order valence-electron chi connectivity index (χ4n) is 4.37. The van der Waals surface area contributed by atoms with Crippen LogP contribution in [0.25, 0.3) is 11.2 Å². The molecule has 192 valence electrons. The number of halogens is 1. The lowest BCUT2D eigenvalue weighted by Crippen LogP contribution is -2.43. The summed E-state index contributed by atoms with van der Waals surface area (Å²) in [6.45, 7) is 7.98. The second-order valence-corrected chi connectivity index (χ2v) is 11.9. The molecular formula is C24H29BrN6O4S. The van der Waals surface area contributed by atoms with Crippen molar-refractivity contribution in [1.29, 1.82) is 5.41 Å². The van der Waals surface area contributed by atoms with Crippen molar-refractivity contribution in [3.05, 3.63) is 28.4 Å². The summed E-state index contributed by atoms with van der Waals surface area (Å²) in [7, 11) is 0. The predicted octanol–water partition coefficient (Wildman–Crippen LogP) is 4.92. The number of rotatable bonds is 5. The van der Waals surface area contributed by atoms with E-state index in [1.165, 1.54) is 11.8 Å². The molecule has 1 amide bonds. The van der Waals surface area contributed by atoms with Crippen molar-refractivity contribution < 1.29 is 19.0 Å². The zero-order chi connectivity index (χ0) is 25.4. The van der Waals surface area contributed by atoms with E-state index in [4.69, 9.17) is 24.6 Å². The highest BCUT2D eigenvalue weighted by Crippen LogP contribution is 2.42. The Kier molecular flexibility index (Phi) is 6.90. The number of piperidine rings is 1. The third-order valence-electron chi connectivity index (χ3n) is 6.08. The van der Waals surface area contributed by atoms with Gasteiger partial charge in [-0.05, 0) is 74.0 Å². The van der Waals surface area contributed by atoms with Crippen LogP contribution in [-0.4, -0.2) is 56.0 Å². The third-order valence-corrected chi connectivity index (χ3v) is 7.94. The Hall–Kier alpha value is -2.73. The van der Waals surface area contributed by atoms with E-state index in [-0.39, 0.29) is 18.4 Å². The van der Waals surface area contributed by atoms with Crippen LogP contribution in [0.1, 0.15) is 40.0 Å². The quantitative estimate of drug-likeness (QED) is 0.442. The molecule has 1 aromatic carbocycles. The van der Waals surface area contributed by atoms with Crippen LogP contribution in [0.5, 0.6) is 11.5 Å². The Bertz CT molecular complexity index is 1350. The van der Waals surface area contributed by atoms with Crippen molar-refractivity contribution in [2.45, 2.75) is 62.2 Å². The molecule has 36 heavy (non-hydrogen) atoms. The maximum atomic E-state index is 12.5. The van der Waals surface area contributed by atoms with Crippen LogP contribution < -0.4 is 15.0 Å². The van der Waals surface area contributed by atoms with E-state index in [1.54, 1.807) is 6.33 Å². The molecule has 1 unspecified atom stereocenters. The van der Waals surface area contributed by atoms with E-state index in [2.05, 4.69) is 25.9 Å². The van der Waals surface area contributed by atoms with Crippen molar-refractivity contribution in [2.24, 2.45) is 5.92 Å². The predicted molar refractivity (Wildman–Crippen MR) is 137 cm³/mol. The molecule has 2 N–H and O–H groups in total. The normalized spacial score (nSPS) is 17.6. The van der Waals surface area contributed by atoms with E-state index in [1.807, 2.05) is 42.4 Å². The number of imidazole rings is 1. The average Bonchev–Trinajstić information content (AvgIpc) is 3.45. The Morgan fingerprint density at radius 2 is 2.11 bits per heavy atom. The number of ether oxygens (including phenoxy) is 3. The van der Waals surface area contributed by atoms with E-state index in [0.717, 1.165) is 35.2 Å². The standard InChI is InChI=1S/C24H29BrN6O4S/c1-24(2,3)35-23(32)30-7-4-5-14(11-30)6-8-31-12-27-20(26)19-21(31)29-22(28-19)36-18-10-17-16(9-15(18)25)33-13-34-17/h9-10,12,14,26H,4-8,11,13H2,1-3H3,(H,28,29). The summed E-state index contributed by atoms with van der Waals surface area (Å²) in [5.41, 5.74) is 0.935. The van der Waals surface area contributed by atoms with Crippen molar-refractivity contribution in [1.82, 2.24) is 24.4 Å². The van der Waals surface area contributed by atoms with E-state index >= 15 is 0 Å². The number of aryl methyl sites for hydroxylation is 1. The van der Waals surface area contributed by atoms with E-state index in [9.17, 15) is 4.79 Å². The molecule has 1 atom stereocenters. The fourth-order valence-corrected chi connectivity index (χ4v) is 5.75. The maximum absolute atomic E-state index is 12.5. The van der Waals surface area contributed by atoms with Crippen LogP contribution in [0, 0.1) is 11.3 Å². The van der Waals surface area contributed by atoms with Gasteiger partial charge in [-0.25, -0.2) is 14.8 Å². The van der Waals surface area contributed by atoms with Crippen LogP contribution in [-0.2, 0) is 11.3 Å². The van der Waals surface area contributed by atoms with Gasteiger partial charge >= 0.3 is 6.09 Å². The van der Waals surface area contributed by atoms with Gasteiger partial charge in [0.25, 0.3) is 0 Å². The van der Waals surface area contributed by atoms with Gasteiger partial charge in [-0.2, -0.15) is 0 Å². The first-order valence-electron chi connectivity index (χ1n) is 11.9. The molecule has 5 rings (SSSR count). The van der Waals surface area contributed by atoms with Gasteiger partial charge in [0.15, 0.2) is 27.8 Å². The highest BCUT2D eigenvalue weighted by molar-refractivity contribution is 9.10. The van der Waals surface area contributed by atoms with E-state index in [0.29, 0.717) is 46.8 Å². The molecule has 10 nitrogen and oxygen atoms in total. The molecule has 12 heteroatoms. The van der Waals surface area contributed by atoms with Gasteiger partial charge in [0.2, 0.25) is 6.79 Å². The summed E-state index contributed by atoms with van der Waals surface area (Å²) in [4.78, 5) is 27.5. The summed E-state index contributed by atoms with van der Waals surface area (Å²) < 4.78 is 19.3. The Labute approximate surface area is 221 Å². The summed E-state index contributed by atoms with van der Waals surface area (Å²) >= 11 is 5.04. The van der Waals surface area contributed by atoms with Crippen LogP contribution in [0.15, 0.2) is 33.0 Å². The van der Waals surface area contributed by atoms with Crippen molar-refractivity contribution in [3.8, 4) is 11.5 Å². The number of carbonyl (C=O) groups is 1. The molecule has 2 aliphatic heterocycles. The van der Waals surface area contributed by atoms with Crippen LogP contribution in [0.4, 0.5) is 4.79 Å². The SMILES string of the molecule is CC(C)(C)OC(=O)N1CCCC(CCn2cnc(=N)c3[nH]c(Sc4cc5c(cc4Br)OCO5)nc32)C1. The second-order valence-electron chi connectivity index (χ2n) is 9.99. The summed E-state index contributed by atoms with van der Waals surface area (Å²) in [5, 5.41) is 8.92. The first kappa shape index (κ1) is 24.9. The molecule has 0 bridgehead atoms. The minimum absolute atomic E-state index is 0.152. The number of benzene rings is 1. The first-order valence-corrected chi connectivity index (χ1v) is 13.5. The number of hydrogen-bond acceptors (Lipinski definition) is 8. The lowest BCUT2D eigenvalue weighted by molar-refractivity contribution is 0.0159. The van der Waals surface area contributed by atoms with Gasteiger partial charge in [0, 0.05) is 29.0 Å². The zero-order valence-corrected chi connectivity index (χ0v) is 22.9. The first-order chi connectivity index (χ1) is 17.2. The minimum Gasteiger partial charge on any atom is -0.454 e. The molecule has 0 aliphatic carbocycles. The van der Waals surface area contributed by atoms with Gasteiger partial charge < -0.3 is 28.7 Å². The van der Waals surface area contributed by atoms with Gasteiger partial charge in [-0.3, -0.25) is 5.41 Å². The maximum Gasteiger partial charge on any atom is 0.410 e. The Morgan fingerprint density at radius 3 is 2.89 bits per heavy atom. The second kappa shape index (κ2) is 9.97. The monoisotopic (exact) mass is 576 g/mol. The smallest absolute Gasteiger partial charge is 0.410 e. The van der Waals surface area contributed by atoms with Gasteiger partial charge in [-0.1, -0.05) is 11.8 Å². The molecule has 2 aromatic heterocycles.